The van der Waals surface area contributed by atoms with Crippen molar-refractivity contribution in [1.82, 2.24) is 0 Å². The van der Waals surface area contributed by atoms with Crippen molar-refractivity contribution < 1.29 is 14.7 Å². The molecule has 2 aromatic rings. The number of imide groups is 1. The molecule has 0 saturated carbocycles. The van der Waals surface area contributed by atoms with Crippen molar-refractivity contribution in [3.8, 4) is 0 Å². The number of carbonyl (C=O) groups is 2. The Morgan fingerprint density at radius 1 is 0.958 bits per heavy atom. The zero-order valence-corrected chi connectivity index (χ0v) is 14.2. The van der Waals surface area contributed by atoms with Gasteiger partial charge in [-0.2, -0.15) is 0 Å². The average molecular weight is 360 g/mol. The first-order chi connectivity index (χ1) is 11.6. The molecule has 0 aromatic heterocycles. The molecule has 0 saturated heterocycles. The Hall–Kier alpha value is -2.08. The molecular formula is C18H14ClNO3S. The van der Waals surface area contributed by atoms with Gasteiger partial charge >= 0.3 is 0 Å². The number of nitrogens with zero attached hydrogens (tertiary/aromatic N) is 1. The van der Waals surface area contributed by atoms with Crippen LogP contribution in [0, 0.1) is 0 Å². The topological polar surface area (TPSA) is 57.6 Å². The summed E-state index contributed by atoms with van der Waals surface area (Å²) in [5, 5.41) is 9.64. The van der Waals surface area contributed by atoms with Crippen LogP contribution in [-0.2, 0) is 9.59 Å². The highest BCUT2D eigenvalue weighted by atomic mass is 35.5. The molecule has 2 aromatic carbocycles. The molecule has 0 aliphatic carbocycles. The quantitative estimate of drug-likeness (QED) is 0.832. The third-order valence-electron chi connectivity index (χ3n) is 3.53. The van der Waals surface area contributed by atoms with Crippen molar-refractivity contribution in [2.24, 2.45) is 0 Å². The molecule has 6 heteroatoms. The summed E-state index contributed by atoms with van der Waals surface area (Å²) in [5.74, 6) is -0.391. The normalized spacial score (nSPS) is 14.7. The fourth-order valence-corrected chi connectivity index (χ4v) is 3.46. The molecule has 1 aliphatic rings. The molecule has 1 aliphatic heterocycles. The van der Waals surface area contributed by atoms with Gasteiger partial charge in [0.15, 0.2) is 0 Å². The summed E-state index contributed by atoms with van der Waals surface area (Å²) >= 11 is 7.10. The number of aliphatic hydroxyl groups is 1. The Morgan fingerprint density at radius 3 is 2.25 bits per heavy atom. The molecule has 122 valence electrons. The average Bonchev–Trinajstić information content (AvgIpc) is 2.85. The Balaban J connectivity index is 2.06. The van der Waals surface area contributed by atoms with Crippen molar-refractivity contribution >= 4 is 46.4 Å². The van der Waals surface area contributed by atoms with Crippen LogP contribution >= 0.6 is 23.4 Å². The second-order valence-electron chi connectivity index (χ2n) is 5.06. The maximum atomic E-state index is 12.9. The van der Waals surface area contributed by atoms with Crippen LogP contribution in [0.25, 0.3) is 5.57 Å². The second-order valence-corrected chi connectivity index (χ2v) is 6.61. The lowest BCUT2D eigenvalue weighted by Crippen LogP contribution is -2.31. The zero-order valence-electron chi connectivity index (χ0n) is 12.6. The standard InChI is InChI=1S/C18H14ClNO3S/c19-13-8-6-12(7-9-13)15-16(24-11-10-21)18(23)20(17(15)22)14-4-2-1-3-5-14/h1-9,21H,10-11H2. The lowest BCUT2D eigenvalue weighted by Gasteiger charge is -2.14. The largest absolute Gasteiger partial charge is 0.396 e. The van der Waals surface area contributed by atoms with Crippen molar-refractivity contribution in [3.05, 3.63) is 70.1 Å². The molecule has 3 rings (SSSR count). The van der Waals surface area contributed by atoms with E-state index in [1.54, 1.807) is 48.5 Å². The molecule has 2 amide bonds. The van der Waals surface area contributed by atoms with Gasteiger partial charge in [-0.25, -0.2) is 4.90 Å². The van der Waals surface area contributed by atoms with Gasteiger partial charge in [-0.15, -0.1) is 11.8 Å². The van der Waals surface area contributed by atoms with E-state index in [0.717, 1.165) is 0 Å². The molecule has 0 spiro atoms. The van der Waals surface area contributed by atoms with E-state index in [0.29, 0.717) is 32.5 Å². The van der Waals surface area contributed by atoms with Crippen LogP contribution in [0.5, 0.6) is 0 Å². The smallest absolute Gasteiger partial charge is 0.272 e. The summed E-state index contributed by atoms with van der Waals surface area (Å²) in [4.78, 5) is 27.2. The van der Waals surface area contributed by atoms with Gasteiger partial charge in [0, 0.05) is 10.8 Å². The Morgan fingerprint density at radius 2 is 1.62 bits per heavy atom. The van der Waals surface area contributed by atoms with Crippen molar-refractivity contribution in [3.63, 3.8) is 0 Å². The van der Waals surface area contributed by atoms with Crippen LogP contribution in [-0.4, -0.2) is 29.3 Å². The number of anilines is 1. The van der Waals surface area contributed by atoms with Crippen LogP contribution in [0.1, 0.15) is 5.56 Å². The van der Waals surface area contributed by atoms with E-state index in [1.165, 1.54) is 16.7 Å². The van der Waals surface area contributed by atoms with Gasteiger partial charge < -0.3 is 5.11 Å². The SMILES string of the molecule is O=C1C(SCCO)=C(c2ccc(Cl)cc2)C(=O)N1c1ccccc1. The maximum Gasteiger partial charge on any atom is 0.272 e. The summed E-state index contributed by atoms with van der Waals surface area (Å²) in [6.45, 7) is -0.0745. The van der Waals surface area contributed by atoms with Crippen LogP contribution < -0.4 is 4.90 Å². The van der Waals surface area contributed by atoms with Gasteiger partial charge in [0.1, 0.15) is 0 Å². The lowest BCUT2D eigenvalue weighted by atomic mass is 10.1. The van der Waals surface area contributed by atoms with Crippen molar-refractivity contribution in [2.75, 3.05) is 17.3 Å². The van der Waals surface area contributed by atoms with E-state index in [4.69, 9.17) is 16.7 Å². The van der Waals surface area contributed by atoms with Crippen LogP contribution in [0.4, 0.5) is 5.69 Å². The van der Waals surface area contributed by atoms with Gasteiger partial charge in [-0.1, -0.05) is 41.9 Å². The van der Waals surface area contributed by atoms with Gasteiger partial charge in [-0.3, -0.25) is 9.59 Å². The molecule has 0 bridgehead atoms. The monoisotopic (exact) mass is 359 g/mol. The summed E-state index contributed by atoms with van der Waals surface area (Å²) in [7, 11) is 0. The number of hydrogen-bond acceptors (Lipinski definition) is 4. The fourth-order valence-electron chi connectivity index (χ4n) is 2.47. The van der Waals surface area contributed by atoms with Crippen molar-refractivity contribution in [2.45, 2.75) is 0 Å². The van der Waals surface area contributed by atoms with Crippen LogP contribution in [0.3, 0.4) is 0 Å². The summed E-state index contributed by atoms with van der Waals surface area (Å²) in [6.07, 6.45) is 0. The molecule has 0 radical (unpaired) electrons. The number of benzene rings is 2. The second kappa shape index (κ2) is 7.21. The number of carbonyl (C=O) groups excluding carboxylic acids is 2. The van der Waals surface area contributed by atoms with E-state index in [-0.39, 0.29) is 18.4 Å². The van der Waals surface area contributed by atoms with E-state index >= 15 is 0 Å². The molecule has 24 heavy (non-hydrogen) atoms. The molecule has 1 heterocycles. The minimum Gasteiger partial charge on any atom is -0.396 e. The molecular weight excluding hydrogens is 346 g/mol. The minimum absolute atomic E-state index is 0.0745. The molecule has 0 fully saturated rings. The Labute approximate surface area is 148 Å². The number of aliphatic hydroxyl groups excluding tert-OH is 1. The zero-order chi connectivity index (χ0) is 17.1. The third-order valence-corrected chi connectivity index (χ3v) is 4.83. The molecule has 0 unspecified atom stereocenters. The molecule has 0 atom stereocenters. The number of thioether (sulfide) groups is 1. The first-order valence-electron chi connectivity index (χ1n) is 7.31. The lowest BCUT2D eigenvalue weighted by molar-refractivity contribution is -0.119. The van der Waals surface area contributed by atoms with Crippen LogP contribution in [0.15, 0.2) is 59.5 Å². The van der Waals surface area contributed by atoms with E-state index in [1.807, 2.05) is 6.07 Å². The predicted molar refractivity (Wildman–Crippen MR) is 96.9 cm³/mol. The van der Waals surface area contributed by atoms with Gasteiger partial charge in [-0.05, 0) is 29.8 Å². The maximum absolute atomic E-state index is 12.9. The predicted octanol–water partition coefficient (Wildman–Crippen LogP) is 3.35. The van der Waals surface area contributed by atoms with Gasteiger partial charge in [0.2, 0.25) is 0 Å². The van der Waals surface area contributed by atoms with Crippen LogP contribution in [0.2, 0.25) is 5.02 Å². The third kappa shape index (κ3) is 3.11. The first-order valence-corrected chi connectivity index (χ1v) is 8.67. The minimum atomic E-state index is -0.367. The Kier molecular flexibility index (Phi) is 5.04. The van der Waals surface area contributed by atoms with E-state index in [9.17, 15) is 9.59 Å². The van der Waals surface area contributed by atoms with Crippen molar-refractivity contribution in [1.29, 1.82) is 0 Å². The van der Waals surface area contributed by atoms with E-state index in [2.05, 4.69) is 0 Å². The number of amides is 2. The van der Waals surface area contributed by atoms with Gasteiger partial charge in [0.05, 0.1) is 22.8 Å². The fraction of sp³-hybridized carbons (Fsp3) is 0.111. The highest BCUT2D eigenvalue weighted by Gasteiger charge is 2.39. The Bertz CT molecular complexity index is 803. The summed E-state index contributed by atoms with van der Waals surface area (Å²) in [5.41, 5.74) is 1.51. The first kappa shape index (κ1) is 16.8. The summed E-state index contributed by atoms with van der Waals surface area (Å²) < 4.78 is 0. The van der Waals surface area contributed by atoms with E-state index < -0.39 is 0 Å². The number of rotatable bonds is 5. The number of para-hydroxylation sites is 1. The molecule has 4 nitrogen and oxygen atoms in total. The number of halogens is 1. The molecule has 1 N–H and O–H groups in total. The number of hydrogen-bond donors (Lipinski definition) is 1. The summed E-state index contributed by atoms with van der Waals surface area (Å²) in [6, 6.07) is 15.6. The van der Waals surface area contributed by atoms with Gasteiger partial charge in [0.25, 0.3) is 11.8 Å². The highest BCUT2D eigenvalue weighted by molar-refractivity contribution is 8.04. The highest BCUT2D eigenvalue weighted by Crippen LogP contribution is 2.38.